The SMILES string of the molecule is CCN(c1ccc(NS(=O)(=O)CC)nc1)c1cccc(C)c1. The summed E-state index contributed by atoms with van der Waals surface area (Å²) in [7, 11) is -3.30. The number of aryl methyl sites for hydroxylation is 1. The van der Waals surface area contributed by atoms with E-state index >= 15 is 0 Å². The average molecular weight is 319 g/mol. The zero-order valence-corrected chi connectivity index (χ0v) is 13.9. The van der Waals surface area contributed by atoms with Crippen LogP contribution in [0.4, 0.5) is 17.2 Å². The maximum Gasteiger partial charge on any atom is 0.233 e. The van der Waals surface area contributed by atoms with Crippen molar-refractivity contribution in [3.05, 3.63) is 48.2 Å². The molecule has 0 aliphatic heterocycles. The number of anilines is 3. The van der Waals surface area contributed by atoms with Crippen molar-refractivity contribution < 1.29 is 8.42 Å². The molecule has 0 atom stereocenters. The van der Waals surface area contributed by atoms with E-state index in [0.29, 0.717) is 5.82 Å². The minimum absolute atomic E-state index is 0.0286. The first-order chi connectivity index (χ1) is 10.4. The van der Waals surface area contributed by atoms with Gasteiger partial charge in [-0.3, -0.25) is 4.72 Å². The van der Waals surface area contributed by atoms with E-state index in [4.69, 9.17) is 0 Å². The van der Waals surface area contributed by atoms with Crippen molar-refractivity contribution in [1.82, 2.24) is 4.98 Å². The van der Waals surface area contributed by atoms with Gasteiger partial charge in [-0.1, -0.05) is 12.1 Å². The first-order valence-corrected chi connectivity index (χ1v) is 8.91. The number of nitrogens with zero attached hydrogens (tertiary/aromatic N) is 2. The van der Waals surface area contributed by atoms with Gasteiger partial charge in [0.05, 0.1) is 17.6 Å². The van der Waals surface area contributed by atoms with E-state index in [-0.39, 0.29) is 5.75 Å². The number of rotatable bonds is 6. The third kappa shape index (κ3) is 3.98. The second-order valence-electron chi connectivity index (χ2n) is 4.99. The third-order valence-electron chi connectivity index (χ3n) is 3.33. The van der Waals surface area contributed by atoms with Gasteiger partial charge in [0.2, 0.25) is 10.0 Å². The molecule has 0 aliphatic rings. The van der Waals surface area contributed by atoms with Crippen LogP contribution in [0.25, 0.3) is 0 Å². The summed E-state index contributed by atoms with van der Waals surface area (Å²) in [6.45, 7) is 6.51. The zero-order valence-electron chi connectivity index (χ0n) is 13.1. The van der Waals surface area contributed by atoms with E-state index < -0.39 is 10.0 Å². The minimum atomic E-state index is -3.30. The highest BCUT2D eigenvalue weighted by Gasteiger charge is 2.10. The highest BCUT2D eigenvalue weighted by atomic mass is 32.2. The third-order valence-corrected chi connectivity index (χ3v) is 4.61. The molecule has 1 aromatic carbocycles. The Bertz CT molecular complexity index is 727. The van der Waals surface area contributed by atoms with Crippen molar-refractivity contribution in [3.8, 4) is 0 Å². The van der Waals surface area contributed by atoms with Crippen molar-refractivity contribution in [1.29, 1.82) is 0 Å². The second-order valence-corrected chi connectivity index (χ2v) is 7.00. The minimum Gasteiger partial charge on any atom is -0.341 e. The van der Waals surface area contributed by atoms with Crippen molar-refractivity contribution in [2.75, 3.05) is 21.9 Å². The Balaban J connectivity index is 2.24. The molecule has 0 aliphatic carbocycles. The summed E-state index contributed by atoms with van der Waals surface area (Å²) in [5.74, 6) is 0.367. The maximum absolute atomic E-state index is 11.5. The highest BCUT2D eigenvalue weighted by molar-refractivity contribution is 7.92. The van der Waals surface area contributed by atoms with Crippen molar-refractivity contribution >= 4 is 27.2 Å². The molecule has 0 saturated heterocycles. The van der Waals surface area contributed by atoms with Crippen LogP contribution in [0.5, 0.6) is 0 Å². The molecule has 0 amide bonds. The van der Waals surface area contributed by atoms with Gasteiger partial charge in [0.1, 0.15) is 5.82 Å². The summed E-state index contributed by atoms with van der Waals surface area (Å²) in [5.41, 5.74) is 3.20. The summed E-state index contributed by atoms with van der Waals surface area (Å²) in [5, 5.41) is 0. The standard InChI is InChI=1S/C16H21N3O2S/c1-4-19(14-8-6-7-13(3)11-14)15-9-10-16(17-12-15)18-22(20,21)5-2/h6-12H,4-5H2,1-3H3,(H,17,18). The van der Waals surface area contributed by atoms with Crippen LogP contribution in [0.15, 0.2) is 42.6 Å². The predicted octanol–water partition coefficient (Wildman–Crippen LogP) is 3.31. The van der Waals surface area contributed by atoms with E-state index in [1.807, 2.05) is 18.2 Å². The first kappa shape index (κ1) is 16.3. The largest absolute Gasteiger partial charge is 0.341 e. The van der Waals surface area contributed by atoms with E-state index in [0.717, 1.165) is 17.9 Å². The number of hydrogen-bond acceptors (Lipinski definition) is 4. The van der Waals surface area contributed by atoms with Gasteiger partial charge in [0.15, 0.2) is 0 Å². The Morgan fingerprint density at radius 2 is 1.91 bits per heavy atom. The van der Waals surface area contributed by atoms with E-state index in [1.165, 1.54) is 5.56 Å². The maximum atomic E-state index is 11.5. The van der Waals surface area contributed by atoms with Crippen LogP contribution in [-0.4, -0.2) is 25.7 Å². The number of sulfonamides is 1. The topological polar surface area (TPSA) is 62.3 Å². The smallest absolute Gasteiger partial charge is 0.233 e. The van der Waals surface area contributed by atoms with Crippen molar-refractivity contribution in [2.45, 2.75) is 20.8 Å². The summed E-state index contributed by atoms with van der Waals surface area (Å²) >= 11 is 0. The van der Waals surface area contributed by atoms with Gasteiger partial charge >= 0.3 is 0 Å². The predicted molar refractivity (Wildman–Crippen MR) is 91.2 cm³/mol. The lowest BCUT2D eigenvalue weighted by atomic mass is 10.2. The van der Waals surface area contributed by atoms with E-state index in [9.17, 15) is 8.42 Å². The lowest BCUT2D eigenvalue weighted by Crippen LogP contribution is -2.18. The van der Waals surface area contributed by atoms with Gasteiger partial charge in [0, 0.05) is 12.2 Å². The van der Waals surface area contributed by atoms with E-state index in [2.05, 4.69) is 40.6 Å². The number of hydrogen-bond donors (Lipinski definition) is 1. The molecule has 0 radical (unpaired) electrons. The average Bonchev–Trinajstić information content (AvgIpc) is 2.49. The fourth-order valence-electron chi connectivity index (χ4n) is 2.15. The number of nitrogens with one attached hydrogen (secondary N) is 1. The molecule has 5 nitrogen and oxygen atoms in total. The van der Waals surface area contributed by atoms with Crippen LogP contribution in [0.3, 0.4) is 0 Å². The molecule has 1 heterocycles. The highest BCUT2D eigenvalue weighted by Crippen LogP contribution is 2.25. The molecule has 0 fully saturated rings. The zero-order chi connectivity index (χ0) is 16.2. The number of benzene rings is 1. The quantitative estimate of drug-likeness (QED) is 0.887. The molecule has 0 bridgehead atoms. The van der Waals surface area contributed by atoms with Gasteiger partial charge in [-0.15, -0.1) is 0 Å². The molecule has 22 heavy (non-hydrogen) atoms. The monoisotopic (exact) mass is 319 g/mol. The summed E-state index contributed by atoms with van der Waals surface area (Å²) in [6, 6.07) is 11.8. The van der Waals surface area contributed by atoms with Gasteiger partial charge in [-0.25, -0.2) is 13.4 Å². The molecule has 0 unspecified atom stereocenters. The summed E-state index contributed by atoms with van der Waals surface area (Å²) in [4.78, 5) is 6.32. The molecule has 1 N–H and O–H groups in total. The lowest BCUT2D eigenvalue weighted by molar-refractivity contribution is 0.602. The van der Waals surface area contributed by atoms with Gasteiger partial charge in [-0.2, -0.15) is 0 Å². The molecule has 0 spiro atoms. The Labute approximate surface area is 132 Å². The summed E-state index contributed by atoms with van der Waals surface area (Å²) < 4.78 is 25.5. The Hall–Kier alpha value is -2.08. The van der Waals surface area contributed by atoms with Crippen molar-refractivity contribution in [2.24, 2.45) is 0 Å². The summed E-state index contributed by atoms with van der Waals surface area (Å²) in [6.07, 6.45) is 1.68. The van der Waals surface area contributed by atoms with E-state index in [1.54, 1.807) is 19.2 Å². The first-order valence-electron chi connectivity index (χ1n) is 7.26. The van der Waals surface area contributed by atoms with Crippen LogP contribution >= 0.6 is 0 Å². The Morgan fingerprint density at radius 1 is 1.14 bits per heavy atom. The Kier molecular flexibility index (Phi) is 5.03. The molecule has 2 rings (SSSR count). The normalized spacial score (nSPS) is 11.2. The van der Waals surface area contributed by atoms with Gasteiger partial charge < -0.3 is 4.90 Å². The van der Waals surface area contributed by atoms with Crippen LogP contribution in [0.2, 0.25) is 0 Å². The fraction of sp³-hybridized carbons (Fsp3) is 0.312. The molecule has 0 saturated carbocycles. The number of pyridine rings is 1. The molecule has 2 aromatic rings. The van der Waals surface area contributed by atoms with Gasteiger partial charge in [-0.05, 0) is 50.6 Å². The van der Waals surface area contributed by atoms with Crippen LogP contribution < -0.4 is 9.62 Å². The molecule has 6 heteroatoms. The van der Waals surface area contributed by atoms with Crippen LogP contribution in [0, 0.1) is 6.92 Å². The molecular formula is C16H21N3O2S. The Morgan fingerprint density at radius 3 is 2.45 bits per heavy atom. The van der Waals surface area contributed by atoms with Crippen LogP contribution in [0.1, 0.15) is 19.4 Å². The number of aromatic nitrogens is 1. The second kappa shape index (κ2) is 6.79. The molecule has 1 aromatic heterocycles. The van der Waals surface area contributed by atoms with Crippen LogP contribution in [-0.2, 0) is 10.0 Å². The fourth-order valence-corrected chi connectivity index (χ4v) is 2.73. The van der Waals surface area contributed by atoms with Crippen molar-refractivity contribution in [3.63, 3.8) is 0 Å². The molecular weight excluding hydrogens is 298 g/mol. The lowest BCUT2D eigenvalue weighted by Gasteiger charge is -2.23. The molecule has 118 valence electrons. The van der Waals surface area contributed by atoms with Gasteiger partial charge in [0.25, 0.3) is 0 Å².